The number of hydrogen-bond acceptors (Lipinski definition) is 10. The van der Waals surface area contributed by atoms with Crippen LogP contribution in [0.1, 0.15) is 73.6 Å². The molecule has 3 aliphatic heterocycles. The fraction of sp³-hybridized carbons (Fsp3) is 0.771. The highest BCUT2D eigenvalue weighted by molar-refractivity contribution is 5.70. The predicted octanol–water partition coefficient (Wildman–Crippen LogP) is 3.17. The number of nitrogens with zero attached hydrogens (tertiary/aromatic N) is 2. The summed E-state index contributed by atoms with van der Waals surface area (Å²) in [5.74, 6) is -0.804. The molecule has 2 saturated heterocycles. The van der Waals surface area contributed by atoms with Gasteiger partial charge in [-0.2, -0.15) is 0 Å². The number of aliphatic hydroxyl groups excluding tert-OH is 2. The summed E-state index contributed by atoms with van der Waals surface area (Å²) in [5, 5.41) is 31.7. The second-order valence-electron chi connectivity index (χ2n) is 13.8. The highest BCUT2D eigenvalue weighted by Gasteiger charge is 2.47. The van der Waals surface area contributed by atoms with Gasteiger partial charge in [-0.15, -0.1) is 0 Å². The molecule has 46 heavy (non-hydrogen) atoms. The molecule has 0 aromatic heterocycles. The summed E-state index contributed by atoms with van der Waals surface area (Å²) in [7, 11) is 0. The van der Waals surface area contributed by atoms with E-state index in [1.54, 1.807) is 24.0 Å². The normalized spacial score (nSPS) is 33.7. The summed E-state index contributed by atoms with van der Waals surface area (Å²) < 4.78 is 17.6. The Morgan fingerprint density at radius 1 is 1.22 bits per heavy atom. The van der Waals surface area contributed by atoms with Crippen LogP contribution in [0.25, 0.3) is 0 Å². The number of carbonyl (C=O) groups excluding carboxylic acids is 2. The van der Waals surface area contributed by atoms with Gasteiger partial charge in [-0.1, -0.05) is 52.0 Å². The van der Waals surface area contributed by atoms with E-state index in [1.807, 2.05) is 52.8 Å². The average molecular weight is 650 g/mol. The van der Waals surface area contributed by atoms with E-state index in [2.05, 4.69) is 4.90 Å². The molecule has 0 spiro atoms. The maximum atomic E-state index is 13.1. The number of piperazine rings is 1. The molecule has 3 rings (SSSR count). The number of aliphatic hydroxyl groups is 3. The lowest BCUT2D eigenvalue weighted by Gasteiger charge is -2.35. The van der Waals surface area contributed by atoms with Crippen LogP contribution in [0.5, 0.6) is 0 Å². The Balaban J connectivity index is 1.69. The van der Waals surface area contributed by atoms with E-state index in [0.717, 1.165) is 25.2 Å². The third-order valence-electron chi connectivity index (χ3n) is 9.61. The van der Waals surface area contributed by atoms with Crippen molar-refractivity contribution >= 4 is 12.1 Å². The number of nitrogens with two attached hydrogens (primary N) is 1. The lowest BCUT2D eigenvalue weighted by Crippen LogP contribution is -2.50. The number of ether oxygens (including phenoxy) is 3. The largest absolute Gasteiger partial charge is 0.457 e. The highest BCUT2D eigenvalue weighted by Crippen LogP contribution is 2.37. The van der Waals surface area contributed by atoms with Gasteiger partial charge in [0.15, 0.2) is 0 Å². The first kappa shape index (κ1) is 38.2. The summed E-state index contributed by atoms with van der Waals surface area (Å²) >= 11 is 0. The first-order valence-corrected chi connectivity index (χ1v) is 17.1. The zero-order valence-corrected chi connectivity index (χ0v) is 28.7. The topological polar surface area (TPSA) is 158 Å². The monoisotopic (exact) mass is 649 g/mol. The lowest BCUT2D eigenvalue weighted by atomic mass is 9.91. The zero-order chi connectivity index (χ0) is 34.0. The molecule has 11 heteroatoms. The Bertz CT molecular complexity index is 1070. The lowest BCUT2D eigenvalue weighted by molar-refractivity contribution is -0.151. The van der Waals surface area contributed by atoms with Crippen molar-refractivity contribution in [1.82, 2.24) is 9.80 Å². The van der Waals surface area contributed by atoms with Crippen molar-refractivity contribution in [1.29, 1.82) is 0 Å². The molecule has 2 fully saturated rings. The highest BCUT2D eigenvalue weighted by atomic mass is 16.6. The van der Waals surface area contributed by atoms with Crippen molar-refractivity contribution in [3.63, 3.8) is 0 Å². The zero-order valence-electron chi connectivity index (χ0n) is 28.7. The second-order valence-corrected chi connectivity index (χ2v) is 13.8. The molecule has 0 aromatic carbocycles. The van der Waals surface area contributed by atoms with Gasteiger partial charge in [0.05, 0.1) is 36.4 Å². The first-order chi connectivity index (χ1) is 21.7. The molecule has 5 N–H and O–H groups in total. The third-order valence-corrected chi connectivity index (χ3v) is 9.61. The Kier molecular flexibility index (Phi) is 14.7. The molecule has 0 radical (unpaired) electrons. The number of hydrogen-bond donors (Lipinski definition) is 4. The van der Waals surface area contributed by atoms with Gasteiger partial charge < -0.3 is 40.2 Å². The number of esters is 1. The second kappa shape index (κ2) is 17.8. The Hall–Kier alpha value is -2.28. The summed E-state index contributed by atoms with van der Waals surface area (Å²) in [4.78, 5) is 29.9. The summed E-state index contributed by atoms with van der Waals surface area (Å²) in [6.45, 7) is 15.5. The predicted molar refractivity (Wildman–Crippen MR) is 177 cm³/mol. The minimum Gasteiger partial charge on any atom is -0.457 e. The van der Waals surface area contributed by atoms with Crippen LogP contribution in [-0.4, -0.2) is 119 Å². The van der Waals surface area contributed by atoms with Crippen LogP contribution in [0.15, 0.2) is 36.0 Å². The van der Waals surface area contributed by atoms with Crippen LogP contribution >= 0.6 is 0 Å². The summed E-state index contributed by atoms with van der Waals surface area (Å²) in [6, 6.07) is 0. The van der Waals surface area contributed by atoms with Crippen molar-refractivity contribution in [3.05, 3.63) is 36.0 Å². The Labute approximate surface area is 275 Å². The molecule has 10 atom stereocenters. The molecule has 262 valence electrons. The number of rotatable bonds is 11. The van der Waals surface area contributed by atoms with Crippen molar-refractivity contribution < 1.29 is 39.1 Å². The van der Waals surface area contributed by atoms with Crippen LogP contribution in [0, 0.1) is 17.8 Å². The number of epoxide rings is 1. The van der Waals surface area contributed by atoms with Crippen LogP contribution in [-0.2, 0) is 19.0 Å². The van der Waals surface area contributed by atoms with Gasteiger partial charge in [-0.05, 0) is 50.7 Å². The van der Waals surface area contributed by atoms with E-state index in [0.29, 0.717) is 45.3 Å². The quantitative estimate of drug-likeness (QED) is 0.113. The van der Waals surface area contributed by atoms with Crippen LogP contribution in [0.2, 0.25) is 0 Å². The fourth-order valence-corrected chi connectivity index (χ4v) is 6.33. The van der Waals surface area contributed by atoms with Gasteiger partial charge >= 0.3 is 12.1 Å². The van der Waals surface area contributed by atoms with Crippen molar-refractivity contribution in [3.8, 4) is 0 Å². The molecule has 1 amide bonds. The molecular formula is C35H59N3O8. The number of amides is 1. The van der Waals surface area contributed by atoms with Crippen LogP contribution in [0.4, 0.5) is 4.79 Å². The van der Waals surface area contributed by atoms with Crippen molar-refractivity contribution in [2.24, 2.45) is 23.5 Å². The number of cyclic esters (lactones) is 1. The standard InChI is InChI=1S/C35H59N3O8/c1-7-28(40)26(5)33-30(44-33)22-35(6,43)14-8-9-24(3)32-25(4)11-13-29(23(2)10-12-27(39)21-31(41)46-32)45-34(42)38-19-17-37(16-15-36)18-20-38/h8-9,11,13-14,23,25-30,32-33,39-40,43H,7,10,12,15-22,36H2,1-6H3/b13-11+,14-8+,24-9+/t23-,25-,26+,27+,28-,29-,30+,32+,33+,35-/m0/s1. The van der Waals surface area contributed by atoms with Gasteiger partial charge in [0.1, 0.15) is 12.2 Å². The van der Waals surface area contributed by atoms with Crippen LogP contribution < -0.4 is 5.73 Å². The van der Waals surface area contributed by atoms with E-state index < -0.39 is 36.0 Å². The Morgan fingerprint density at radius 3 is 2.57 bits per heavy atom. The minimum atomic E-state index is -1.13. The van der Waals surface area contributed by atoms with Gasteiger partial charge in [0.25, 0.3) is 0 Å². The molecule has 0 bridgehead atoms. The number of carbonyl (C=O) groups is 2. The minimum absolute atomic E-state index is 0.00376. The molecule has 3 aliphatic rings. The summed E-state index contributed by atoms with van der Waals surface area (Å²) in [6.07, 6.45) is 8.01. The molecule has 0 saturated carbocycles. The van der Waals surface area contributed by atoms with Gasteiger partial charge in [-0.25, -0.2) is 4.79 Å². The third kappa shape index (κ3) is 11.8. The maximum Gasteiger partial charge on any atom is 0.410 e. The fourth-order valence-electron chi connectivity index (χ4n) is 6.33. The van der Waals surface area contributed by atoms with Gasteiger partial charge in [0.2, 0.25) is 0 Å². The molecule has 0 aromatic rings. The Morgan fingerprint density at radius 2 is 1.91 bits per heavy atom. The molecular weight excluding hydrogens is 590 g/mol. The molecule has 11 nitrogen and oxygen atoms in total. The maximum absolute atomic E-state index is 13.1. The number of allylic oxidation sites excluding steroid dienone is 2. The molecule has 0 unspecified atom stereocenters. The van der Waals surface area contributed by atoms with E-state index >= 15 is 0 Å². The smallest absolute Gasteiger partial charge is 0.410 e. The summed E-state index contributed by atoms with van der Waals surface area (Å²) in [5.41, 5.74) is 5.31. The van der Waals surface area contributed by atoms with Gasteiger partial charge in [-0.3, -0.25) is 9.69 Å². The van der Waals surface area contributed by atoms with Crippen molar-refractivity contribution in [2.75, 3.05) is 39.3 Å². The van der Waals surface area contributed by atoms with E-state index in [-0.39, 0.29) is 42.5 Å². The van der Waals surface area contributed by atoms with E-state index in [9.17, 15) is 24.9 Å². The van der Waals surface area contributed by atoms with Crippen LogP contribution in [0.3, 0.4) is 0 Å². The molecule has 0 aliphatic carbocycles. The first-order valence-electron chi connectivity index (χ1n) is 17.1. The van der Waals surface area contributed by atoms with Crippen molar-refractivity contribution in [2.45, 2.75) is 116 Å². The SMILES string of the molecule is CC[C@H](O)[C@@H](C)[C@H]1O[C@@H]1C[C@@](C)(O)/C=C/C=C(\C)[C@H]1OC(=O)C[C@H](O)CC[C@H](C)[C@@H](OC(=O)N2CCN(CCN)CC2)/C=C/[C@@H]1C. The molecule has 3 heterocycles. The van der Waals surface area contributed by atoms with E-state index in [4.69, 9.17) is 19.9 Å². The average Bonchev–Trinajstić information content (AvgIpc) is 3.77. The van der Waals surface area contributed by atoms with E-state index in [1.165, 1.54) is 0 Å². The van der Waals surface area contributed by atoms with Gasteiger partial charge in [0, 0.05) is 57.5 Å².